The number of aryl methyl sites for hydroxylation is 2. The Morgan fingerprint density at radius 1 is 1.30 bits per heavy atom. The third-order valence-corrected chi connectivity index (χ3v) is 8.09. The number of nitrogens with zero attached hydrogens (tertiary/aromatic N) is 2. The highest BCUT2D eigenvalue weighted by Crippen LogP contribution is 2.41. The minimum absolute atomic E-state index is 0.107. The fraction of sp³-hybridized carbons (Fsp3) is 0.565. The second-order valence-corrected chi connectivity index (χ2v) is 11.1. The molecule has 37 heavy (non-hydrogen) atoms. The second-order valence-electron chi connectivity index (χ2n) is 9.62. The number of carbonyl (C=O) groups is 2. The van der Waals surface area contributed by atoms with Crippen LogP contribution in [0, 0.1) is 11.8 Å². The van der Waals surface area contributed by atoms with Crippen molar-refractivity contribution in [2.24, 2.45) is 18.9 Å². The largest absolute Gasteiger partial charge is 0.415 e. The lowest BCUT2D eigenvalue weighted by atomic mass is 9.91. The van der Waals surface area contributed by atoms with Gasteiger partial charge in [0.1, 0.15) is 17.0 Å². The number of hydrogen-bond acceptors (Lipinski definition) is 6. The lowest BCUT2D eigenvalue weighted by Gasteiger charge is -2.25. The zero-order chi connectivity index (χ0) is 26.3. The molecule has 4 N–H and O–H groups in total. The van der Waals surface area contributed by atoms with E-state index in [1.807, 2.05) is 0 Å². The van der Waals surface area contributed by atoms with Crippen LogP contribution >= 0.6 is 23.6 Å². The van der Waals surface area contributed by atoms with E-state index in [4.69, 9.17) is 12.2 Å². The van der Waals surface area contributed by atoms with E-state index >= 15 is 0 Å². The molecule has 3 atom stereocenters. The maximum atomic E-state index is 13.4. The number of ether oxygens (including phenoxy) is 1. The van der Waals surface area contributed by atoms with Crippen molar-refractivity contribution in [3.63, 3.8) is 0 Å². The van der Waals surface area contributed by atoms with Crippen molar-refractivity contribution in [1.29, 1.82) is 0 Å². The molecule has 3 aliphatic rings. The van der Waals surface area contributed by atoms with Gasteiger partial charge >= 0.3 is 6.61 Å². The summed E-state index contributed by atoms with van der Waals surface area (Å²) in [6.45, 7) is -2.40. The molecule has 0 saturated heterocycles. The summed E-state index contributed by atoms with van der Waals surface area (Å²) in [6, 6.07) is 1.21. The molecule has 3 aliphatic carbocycles. The molecule has 2 fully saturated rings. The van der Waals surface area contributed by atoms with Gasteiger partial charge < -0.3 is 26.0 Å². The van der Waals surface area contributed by atoms with Gasteiger partial charge in [-0.2, -0.15) is 8.78 Å². The molecule has 2 amide bonds. The van der Waals surface area contributed by atoms with E-state index < -0.39 is 24.6 Å². The van der Waals surface area contributed by atoms with Crippen molar-refractivity contribution in [3.8, 4) is 5.88 Å². The van der Waals surface area contributed by atoms with Gasteiger partial charge in [-0.05, 0) is 62.2 Å². The maximum absolute atomic E-state index is 13.4. The minimum atomic E-state index is -2.98. The first kappa shape index (κ1) is 25.8. The van der Waals surface area contributed by atoms with Crippen molar-refractivity contribution < 1.29 is 27.5 Å². The molecule has 9 nitrogen and oxygen atoms in total. The van der Waals surface area contributed by atoms with Gasteiger partial charge in [0.25, 0.3) is 5.91 Å². The molecular weight excluding hydrogens is 529 g/mol. The van der Waals surface area contributed by atoms with Crippen LogP contribution in [0.5, 0.6) is 5.88 Å². The number of nitrogens with one attached hydrogen (secondary N) is 4. The van der Waals surface area contributed by atoms with Crippen molar-refractivity contribution in [2.45, 2.75) is 57.3 Å². The lowest BCUT2D eigenvalue weighted by molar-refractivity contribution is -0.117. The first-order valence-electron chi connectivity index (χ1n) is 12.1. The fourth-order valence-corrected chi connectivity index (χ4v) is 5.88. The van der Waals surface area contributed by atoms with Crippen LogP contribution in [0.4, 0.5) is 24.0 Å². The van der Waals surface area contributed by atoms with Crippen molar-refractivity contribution in [3.05, 3.63) is 22.1 Å². The molecule has 2 aromatic rings. The SMILES string of the molecule is Cn1nc(OC(F)F)cc1NC(=S)N[C@H]1CCc2sc(NC(=O)C3CC3F)c(C(=O)NCC3CC3)c2C1. The van der Waals surface area contributed by atoms with E-state index in [1.54, 1.807) is 7.05 Å². The van der Waals surface area contributed by atoms with E-state index in [0.29, 0.717) is 41.7 Å². The quantitative estimate of drug-likeness (QED) is 0.351. The number of thiophene rings is 1. The molecule has 5 rings (SSSR count). The highest BCUT2D eigenvalue weighted by molar-refractivity contribution is 7.80. The number of aromatic nitrogens is 2. The summed E-state index contributed by atoms with van der Waals surface area (Å²) in [5, 5.41) is 16.5. The molecule has 2 saturated carbocycles. The smallest absolute Gasteiger partial charge is 0.388 e. The molecular formula is C23H27F3N6O3S2. The predicted octanol–water partition coefficient (Wildman–Crippen LogP) is 3.36. The zero-order valence-corrected chi connectivity index (χ0v) is 21.6. The number of rotatable bonds is 9. The Morgan fingerprint density at radius 2 is 2.05 bits per heavy atom. The summed E-state index contributed by atoms with van der Waals surface area (Å²) in [7, 11) is 1.57. The molecule has 0 aliphatic heterocycles. The summed E-state index contributed by atoms with van der Waals surface area (Å²) in [6.07, 6.45) is 3.17. The average Bonchev–Trinajstić information content (AvgIpc) is 3.73. The molecule has 2 heterocycles. The van der Waals surface area contributed by atoms with Crippen LogP contribution in [-0.4, -0.2) is 52.1 Å². The molecule has 14 heteroatoms. The second kappa shape index (κ2) is 10.5. The topological polar surface area (TPSA) is 109 Å². The molecule has 0 radical (unpaired) electrons. The Balaban J connectivity index is 1.27. The number of fused-ring (bicyclic) bond motifs is 1. The third-order valence-electron chi connectivity index (χ3n) is 6.67. The number of halogens is 3. The van der Waals surface area contributed by atoms with Gasteiger partial charge in [0.15, 0.2) is 5.11 Å². The molecule has 2 aromatic heterocycles. The highest BCUT2D eigenvalue weighted by Gasteiger charge is 2.44. The van der Waals surface area contributed by atoms with Crippen LogP contribution in [0.1, 0.15) is 46.5 Å². The lowest BCUT2D eigenvalue weighted by Crippen LogP contribution is -2.41. The van der Waals surface area contributed by atoms with E-state index in [9.17, 15) is 22.8 Å². The molecule has 2 unspecified atom stereocenters. The van der Waals surface area contributed by atoms with Crippen LogP contribution < -0.4 is 26.0 Å². The number of anilines is 2. The first-order valence-corrected chi connectivity index (χ1v) is 13.3. The van der Waals surface area contributed by atoms with Gasteiger partial charge in [0, 0.05) is 30.6 Å². The highest BCUT2D eigenvalue weighted by atomic mass is 32.1. The maximum Gasteiger partial charge on any atom is 0.388 e. The van der Waals surface area contributed by atoms with E-state index in [-0.39, 0.29) is 29.4 Å². The molecule has 0 aromatic carbocycles. The van der Waals surface area contributed by atoms with Crippen LogP contribution in [0.15, 0.2) is 6.07 Å². The Morgan fingerprint density at radius 3 is 2.73 bits per heavy atom. The van der Waals surface area contributed by atoms with Crippen LogP contribution in [0.2, 0.25) is 0 Å². The summed E-state index contributed by atoms with van der Waals surface area (Å²) < 4.78 is 44.0. The summed E-state index contributed by atoms with van der Waals surface area (Å²) in [5.74, 6) is -0.657. The predicted molar refractivity (Wildman–Crippen MR) is 136 cm³/mol. The third kappa shape index (κ3) is 6.17. The van der Waals surface area contributed by atoms with Gasteiger partial charge in [0.2, 0.25) is 11.8 Å². The van der Waals surface area contributed by atoms with Crippen molar-refractivity contribution >= 4 is 51.3 Å². The van der Waals surface area contributed by atoms with E-state index in [1.165, 1.54) is 22.1 Å². The Kier molecular flexibility index (Phi) is 7.30. The Hall–Kier alpha value is -2.87. The summed E-state index contributed by atoms with van der Waals surface area (Å²) in [5.41, 5.74) is 1.29. The van der Waals surface area contributed by atoms with E-state index in [0.717, 1.165) is 29.7 Å². The van der Waals surface area contributed by atoms with Gasteiger partial charge in [0.05, 0.1) is 11.5 Å². The van der Waals surface area contributed by atoms with Crippen LogP contribution in [0.3, 0.4) is 0 Å². The standard InChI is InChI=1S/C23H27F3N6O3S2/c1-32-16(8-17(31-32)35-22(25)26)29-23(36)28-11-4-5-15-13(6-11)18(20(34)27-9-10-2-3-10)21(37-15)30-19(33)12-7-14(12)24/h8,10-12,14,22H,2-7,9H2,1H3,(H,27,34)(H,30,33)(H2,28,29,36)/t11-,12?,14?/m0/s1. The van der Waals surface area contributed by atoms with Crippen LogP contribution in [-0.2, 0) is 24.7 Å². The van der Waals surface area contributed by atoms with Gasteiger partial charge in [-0.3, -0.25) is 9.59 Å². The summed E-state index contributed by atoms with van der Waals surface area (Å²) >= 11 is 6.79. The summed E-state index contributed by atoms with van der Waals surface area (Å²) in [4.78, 5) is 26.6. The number of hydrogen-bond donors (Lipinski definition) is 4. The Labute approximate surface area is 220 Å². The van der Waals surface area contributed by atoms with Crippen LogP contribution in [0.25, 0.3) is 0 Å². The monoisotopic (exact) mass is 556 g/mol. The molecule has 200 valence electrons. The number of carbonyl (C=O) groups excluding carboxylic acids is 2. The number of amides is 2. The van der Waals surface area contributed by atoms with Crippen molar-refractivity contribution in [2.75, 3.05) is 17.2 Å². The fourth-order valence-electron chi connectivity index (χ4n) is 4.37. The van der Waals surface area contributed by atoms with E-state index in [2.05, 4.69) is 31.1 Å². The minimum Gasteiger partial charge on any atom is -0.415 e. The van der Waals surface area contributed by atoms with Gasteiger partial charge in [-0.15, -0.1) is 16.4 Å². The van der Waals surface area contributed by atoms with Gasteiger partial charge in [-0.25, -0.2) is 9.07 Å². The number of thiocarbonyl (C=S) groups is 1. The first-order chi connectivity index (χ1) is 17.7. The average molecular weight is 557 g/mol. The van der Waals surface area contributed by atoms with Crippen molar-refractivity contribution in [1.82, 2.24) is 20.4 Å². The normalized spacial score (nSPS) is 22.2. The molecule has 0 bridgehead atoms. The Bertz CT molecular complexity index is 1210. The number of alkyl halides is 3. The zero-order valence-electron chi connectivity index (χ0n) is 20.0. The molecule has 0 spiro atoms. The van der Waals surface area contributed by atoms with Gasteiger partial charge in [-0.1, -0.05) is 0 Å².